The second-order valence-electron chi connectivity index (χ2n) is 7.27. The Hall–Kier alpha value is -3.20. The first-order chi connectivity index (χ1) is 14.5. The van der Waals surface area contributed by atoms with Crippen LogP contribution in [-0.4, -0.2) is 28.5 Å². The van der Waals surface area contributed by atoms with Crippen molar-refractivity contribution in [1.29, 1.82) is 0 Å². The van der Waals surface area contributed by atoms with Gasteiger partial charge < -0.3 is 16.0 Å². The van der Waals surface area contributed by atoms with Crippen molar-refractivity contribution >= 4 is 44.9 Å². The monoisotopic (exact) mass is 425 g/mol. The van der Waals surface area contributed by atoms with E-state index in [1.807, 2.05) is 0 Å². The smallest absolute Gasteiger partial charge is 0.318 e. The predicted octanol–water partition coefficient (Wildman–Crippen LogP) is 3.50. The molecule has 0 fully saturated rings. The highest BCUT2D eigenvalue weighted by atomic mass is 32.1. The summed E-state index contributed by atoms with van der Waals surface area (Å²) in [5.74, 6) is 0.512. The minimum Gasteiger partial charge on any atom is -0.341 e. The third-order valence-electron chi connectivity index (χ3n) is 5.22. The molecule has 0 atom stereocenters. The number of carbonyl (C=O) groups excluding carboxylic acids is 2. The number of amides is 3. The zero-order valence-corrected chi connectivity index (χ0v) is 17.7. The fraction of sp³-hybridized carbons (Fsp3) is 0.333. The van der Waals surface area contributed by atoms with Crippen LogP contribution in [0.4, 0.5) is 16.2 Å². The number of nitrogens with one attached hydrogen (secondary N) is 3. The summed E-state index contributed by atoms with van der Waals surface area (Å²) >= 11 is 1.25. The van der Waals surface area contributed by atoms with Gasteiger partial charge in [0.2, 0.25) is 0 Å². The number of aromatic nitrogens is 2. The van der Waals surface area contributed by atoms with Gasteiger partial charge in [0.05, 0.1) is 10.3 Å². The largest absolute Gasteiger partial charge is 0.341 e. The maximum atomic E-state index is 13.1. The maximum Gasteiger partial charge on any atom is 0.318 e. The van der Waals surface area contributed by atoms with E-state index in [0.29, 0.717) is 38.6 Å². The summed E-state index contributed by atoms with van der Waals surface area (Å²) in [6.07, 6.45) is 3.87. The number of urea groups is 1. The summed E-state index contributed by atoms with van der Waals surface area (Å²) in [5, 5.41) is 8.54. The topological polar surface area (TPSA) is 105 Å². The Balaban J connectivity index is 1.65. The van der Waals surface area contributed by atoms with Crippen LogP contribution in [0.15, 0.2) is 29.1 Å². The van der Waals surface area contributed by atoms with E-state index in [2.05, 4.69) is 16.0 Å². The normalized spacial score (nSPS) is 13.4. The van der Waals surface area contributed by atoms with E-state index < -0.39 is 0 Å². The minimum absolute atomic E-state index is 0.0542. The number of hydrogen-bond acceptors (Lipinski definition) is 5. The van der Waals surface area contributed by atoms with Crippen LogP contribution < -0.4 is 21.5 Å². The molecule has 8 nitrogen and oxygen atoms in total. The van der Waals surface area contributed by atoms with Crippen molar-refractivity contribution in [3.63, 3.8) is 0 Å². The van der Waals surface area contributed by atoms with Crippen molar-refractivity contribution in [2.75, 3.05) is 17.7 Å². The molecule has 0 saturated heterocycles. The van der Waals surface area contributed by atoms with Gasteiger partial charge in [-0.3, -0.25) is 14.2 Å². The first-order valence-electron chi connectivity index (χ1n) is 9.91. The molecule has 0 spiro atoms. The molecule has 3 N–H and O–H groups in total. The molecule has 1 aliphatic heterocycles. The van der Waals surface area contributed by atoms with Gasteiger partial charge >= 0.3 is 6.03 Å². The Morgan fingerprint density at radius 3 is 2.67 bits per heavy atom. The zero-order chi connectivity index (χ0) is 21.3. The van der Waals surface area contributed by atoms with Crippen LogP contribution in [0.2, 0.25) is 0 Å². The molecule has 1 aromatic carbocycles. The maximum absolute atomic E-state index is 13.1. The molecule has 0 bridgehead atoms. The minimum atomic E-state index is -0.342. The Kier molecular flexibility index (Phi) is 5.54. The molecular weight excluding hydrogens is 402 g/mol. The number of nitrogens with zero attached hydrogens (tertiary/aromatic N) is 2. The van der Waals surface area contributed by atoms with E-state index in [-0.39, 0.29) is 17.5 Å². The number of benzene rings is 1. The SMILES string of the molecule is CNC(=O)Nc1cccc(NC(=O)c2sc3nc4n(c(=O)c3c2C)CCCCC4)c1. The lowest BCUT2D eigenvalue weighted by molar-refractivity contribution is 0.103. The number of carbonyl (C=O) groups is 2. The Morgan fingerprint density at radius 2 is 1.90 bits per heavy atom. The van der Waals surface area contributed by atoms with Crippen molar-refractivity contribution in [3.8, 4) is 0 Å². The molecule has 2 aromatic heterocycles. The molecule has 3 heterocycles. The van der Waals surface area contributed by atoms with Crippen LogP contribution in [-0.2, 0) is 13.0 Å². The van der Waals surface area contributed by atoms with E-state index in [0.717, 1.165) is 31.5 Å². The van der Waals surface area contributed by atoms with E-state index >= 15 is 0 Å². The van der Waals surface area contributed by atoms with Crippen LogP contribution in [0.3, 0.4) is 0 Å². The number of aryl methyl sites for hydroxylation is 2. The summed E-state index contributed by atoms with van der Waals surface area (Å²) < 4.78 is 1.77. The lowest BCUT2D eigenvalue weighted by Crippen LogP contribution is -2.24. The lowest BCUT2D eigenvalue weighted by Gasteiger charge is -2.08. The van der Waals surface area contributed by atoms with Gasteiger partial charge in [0.15, 0.2) is 0 Å². The van der Waals surface area contributed by atoms with Gasteiger partial charge in [-0.25, -0.2) is 9.78 Å². The van der Waals surface area contributed by atoms with Gasteiger partial charge in [-0.1, -0.05) is 12.5 Å². The zero-order valence-electron chi connectivity index (χ0n) is 16.9. The summed E-state index contributed by atoms with van der Waals surface area (Å²) in [6, 6.07) is 6.54. The van der Waals surface area contributed by atoms with Crippen LogP contribution in [0.5, 0.6) is 0 Å². The third kappa shape index (κ3) is 3.80. The van der Waals surface area contributed by atoms with Gasteiger partial charge in [0, 0.05) is 31.4 Å². The molecule has 3 amide bonds. The molecule has 156 valence electrons. The quantitative estimate of drug-likeness (QED) is 0.597. The first-order valence-corrected chi connectivity index (χ1v) is 10.7. The van der Waals surface area contributed by atoms with Crippen molar-refractivity contribution in [2.24, 2.45) is 0 Å². The average Bonchev–Trinajstić information content (AvgIpc) is 2.89. The fourth-order valence-electron chi connectivity index (χ4n) is 3.68. The number of rotatable bonds is 3. The molecule has 0 unspecified atom stereocenters. The van der Waals surface area contributed by atoms with Gasteiger partial charge in [0.1, 0.15) is 10.7 Å². The Labute approximate surface area is 177 Å². The van der Waals surface area contributed by atoms with Crippen molar-refractivity contribution < 1.29 is 9.59 Å². The Morgan fingerprint density at radius 1 is 1.13 bits per heavy atom. The lowest BCUT2D eigenvalue weighted by atomic mass is 10.2. The standard InChI is InChI=1S/C21H23N5O3S/c1-12-16-19(25-15-9-4-3-5-10-26(15)20(16)28)30-17(12)18(27)23-13-7-6-8-14(11-13)24-21(29)22-2/h6-8,11H,3-5,9-10H2,1-2H3,(H,23,27)(H2,22,24,29). The fourth-order valence-corrected chi connectivity index (χ4v) is 4.77. The molecular formula is C21H23N5O3S. The van der Waals surface area contributed by atoms with Gasteiger partial charge in [-0.05, 0) is 43.5 Å². The summed E-state index contributed by atoms with van der Waals surface area (Å²) in [4.78, 5) is 43.3. The second kappa shape index (κ2) is 8.27. The van der Waals surface area contributed by atoms with Crippen LogP contribution in [0.1, 0.15) is 40.3 Å². The van der Waals surface area contributed by atoms with Crippen LogP contribution >= 0.6 is 11.3 Å². The highest BCUT2D eigenvalue weighted by Gasteiger charge is 2.22. The number of thiophene rings is 1. The number of hydrogen-bond donors (Lipinski definition) is 3. The van der Waals surface area contributed by atoms with Crippen LogP contribution in [0, 0.1) is 6.92 Å². The molecule has 9 heteroatoms. The number of anilines is 2. The third-order valence-corrected chi connectivity index (χ3v) is 6.41. The highest BCUT2D eigenvalue weighted by molar-refractivity contribution is 7.20. The highest BCUT2D eigenvalue weighted by Crippen LogP contribution is 2.29. The van der Waals surface area contributed by atoms with Crippen molar-refractivity contribution in [1.82, 2.24) is 14.9 Å². The van der Waals surface area contributed by atoms with Gasteiger partial charge in [-0.2, -0.15) is 0 Å². The summed E-state index contributed by atoms with van der Waals surface area (Å²) in [7, 11) is 1.53. The molecule has 0 saturated carbocycles. The average molecular weight is 426 g/mol. The van der Waals surface area contributed by atoms with Crippen molar-refractivity contribution in [3.05, 3.63) is 50.9 Å². The Bertz CT molecular complexity index is 1200. The number of fused-ring (bicyclic) bond motifs is 2. The molecule has 0 radical (unpaired) electrons. The van der Waals surface area contributed by atoms with Crippen molar-refractivity contribution in [2.45, 2.75) is 39.2 Å². The summed E-state index contributed by atoms with van der Waals surface area (Å²) in [6.45, 7) is 2.48. The van der Waals surface area contributed by atoms with Crippen LogP contribution in [0.25, 0.3) is 10.2 Å². The van der Waals surface area contributed by atoms with E-state index in [4.69, 9.17) is 4.98 Å². The molecule has 0 aliphatic carbocycles. The molecule has 4 rings (SSSR count). The molecule has 30 heavy (non-hydrogen) atoms. The van der Waals surface area contributed by atoms with Gasteiger partial charge in [-0.15, -0.1) is 11.3 Å². The predicted molar refractivity (Wildman–Crippen MR) is 119 cm³/mol. The first kappa shape index (κ1) is 20.1. The van der Waals surface area contributed by atoms with Gasteiger partial charge in [0.25, 0.3) is 11.5 Å². The summed E-state index contributed by atoms with van der Waals surface area (Å²) in [5.41, 5.74) is 1.71. The van der Waals surface area contributed by atoms with E-state index in [9.17, 15) is 14.4 Å². The molecule has 1 aliphatic rings. The molecule has 3 aromatic rings. The van der Waals surface area contributed by atoms with E-state index in [1.54, 1.807) is 35.8 Å². The van der Waals surface area contributed by atoms with E-state index in [1.165, 1.54) is 18.4 Å². The second-order valence-corrected chi connectivity index (χ2v) is 8.27.